The molecule has 0 unspecified atom stereocenters. The summed E-state index contributed by atoms with van der Waals surface area (Å²) in [7, 11) is -3.55. The molecule has 0 fully saturated rings. The molecule has 1 N–H and O–H groups in total. The normalized spacial score (nSPS) is 11.4. The van der Waals surface area contributed by atoms with E-state index in [9.17, 15) is 22.4 Å². The number of furan rings is 1. The van der Waals surface area contributed by atoms with E-state index in [1.54, 1.807) is 13.0 Å². The van der Waals surface area contributed by atoms with Crippen LogP contribution in [-0.4, -0.2) is 33.2 Å². The van der Waals surface area contributed by atoms with Crippen LogP contribution in [0.15, 0.2) is 51.8 Å². The van der Waals surface area contributed by atoms with Crippen LogP contribution in [0.1, 0.15) is 16.1 Å². The van der Waals surface area contributed by atoms with Crippen molar-refractivity contribution in [3.8, 4) is 0 Å². The molecule has 2 aromatic carbocycles. The van der Waals surface area contributed by atoms with E-state index < -0.39 is 34.1 Å². The van der Waals surface area contributed by atoms with E-state index in [2.05, 4.69) is 5.32 Å². The number of carbonyl (C=O) groups excluding carboxylic acids is 2. The summed E-state index contributed by atoms with van der Waals surface area (Å²) in [6.07, 6.45) is 1.02. The van der Waals surface area contributed by atoms with Gasteiger partial charge in [-0.1, -0.05) is 12.1 Å². The SMILES string of the molecule is Cc1c(C(=O)OCC(=O)Nc2ccccc2S(C)(=O)=O)oc2ccc(F)cc12. The van der Waals surface area contributed by atoms with Crippen LogP contribution in [0.25, 0.3) is 11.0 Å². The minimum absolute atomic E-state index is 0.0511. The second kappa shape index (κ2) is 7.43. The molecule has 7 nitrogen and oxygen atoms in total. The number of hydrogen-bond acceptors (Lipinski definition) is 6. The highest BCUT2D eigenvalue weighted by Crippen LogP contribution is 2.26. The number of para-hydroxylation sites is 1. The number of benzene rings is 2. The lowest BCUT2D eigenvalue weighted by Gasteiger charge is -2.09. The summed E-state index contributed by atoms with van der Waals surface area (Å²) >= 11 is 0. The quantitative estimate of drug-likeness (QED) is 0.655. The fourth-order valence-electron chi connectivity index (χ4n) is 2.66. The van der Waals surface area contributed by atoms with Crippen LogP contribution < -0.4 is 5.32 Å². The zero-order chi connectivity index (χ0) is 20.5. The number of anilines is 1. The Balaban J connectivity index is 1.71. The van der Waals surface area contributed by atoms with Crippen molar-refractivity contribution in [2.75, 3.05) is 18.2 Å². The number of fused-ring (bicyclic) bond motifs is 1. The van der Waals surface area contributed by atoms with Gasteiger partial charge in [0.05, 0.1) is 10.6 Å². The van der Waals surface area contributed by atoms with Crippen molar-refractivity contribution >= 4 is 38.4 Å². The molecule has 1 aromatic heterocycles. The van der Waals surface area contributed by atoms with Crippen LogP contribution in [0.3, 0.4) is 0 Å². The molecule has 1 heterocycles. The number of hydrogen-bond donors (Lipinski definition) is 1. The molecule has 1 amide bonds. The van der Waals surface area contributed by atoms with Gasteiger partial charge in [0, 0.05) is 17.2 Å². The molecule has 0 aliphatic rings. The molecule has 146 valence electrons. The minimum Gasteiger partial charge on any atom is -0.450 e. The van der Waals surface area contributed by atoms with Gasteiger partial charge in [-0.3, -0.25) is 4.79 Å². The average molecular weight is 405 g/mol. The van der Waals surface area contributed by atoms with E-state index in [-0.39, 0.29) is 16.3 Å². The monoisotopic (exact) mass is 405 g/mol. The van der Waals surface area contributed by atoms with E-state index in [0.717, 1.165) is 6.26 Å². The Kier molecular flexibility index (Phi) is 5.19. The lowest BCUT2D eigenvalue weighted by Crippen LogP contribution is -2.22. The molecule has 28 heavy (non-hydrogen) atoms. The molecule has 0 bridgehead atoms. The first-order valence-corrected chi connectivity index (χ1v) is 10.0. The van der Waals surface area contributed by atoms with Crippen molar-refractivity contribution in [3.63, 3.8) is 0 Å². The number of ether oxygens (including phenoxy) is 1. The Hall–Kier alpha value is -3.20. The number of aryl methyl sites for hydroxylation is 1. The summed E-state index contributed by atoms with van der Waals surface area (Å²) in [6, 6.07) is 9.70. The summed E-state index contributed by atoms with van der Waals surface area (Å²) < 4.78 is 47.2. The predicted octanol–water partition coefficient (Wildman–Crippen LogP) is 3.08. The van der Waals surface area contributed by atoms with Gasteiger partial charge in [-0.15, -0.1) is 0 Å². The van der Waals surface area contributed by atoms with Gasteiger partial charge in [-0.05, 0) is 37.3 Å². The maximum atomic E-state index is 13.4. The van der Waals surface area contributed by atoms with Crippen molar-refractivity contribution < 1.29 is 31.6 Å². The molecule has 0 aliphatic heterocycles. The third-order valence-corrected chi connectivity index (χ3v) is 5.13. The molecular weight excluding hydrogens is 389 g/mol. The Morgan fingerprint density at radius 3 is 2.61 bits per heavy atom. The van der Waals surface area contributed by atoms with Crippen molar-refractivity contribution in [2.45, 2.75) is 11.8 Å². The Morgan fingerprint density at radius 1 is 1.18 bits per heavy atom. The maximum absolute atomic E-state index is 13.4. The van der Waals surface area contributed by atoms with Gasteiger partial charge in [-0.2, -0.15) is 0 Å². The standard InChI is InChI=1S/C19H16FNO6S/c1-11-13-9-12(20)7-8-15(13)27-18(11)19(23)26-10-17(22)21-14-5-3-4-6-16(14)28(2,24)25/h3-9H,10H2,1-2H3,(H,21,22). The van der Waals surface area contributed by atoms with Crippen LogP contribution in [0.5, 0.6) is 0 Å². The Labute approximate surface area is 160 Å². The number of sulfone groups is 1. The molecule has 0 spiro atoms. The first-order valence-electron chi connectivity index (χ1n) is 8.11. The van der Waals surface area contributed by atoms with Crippen molar-refractivity contribution in [3.05, 3.63) is 59.6 Å². The second-order valence-electron chi connectivity index (χ2n) is 6.09. The third kappa shape index (κ3) is 4.04. The van der Waals surface area contributed by atoms with E-state index in [1.165, 1.54) is 36.4 Å². The molecule has 0 saturated heterocycles. The topological polar surface area (TPSA) is 103 Å². The van der Waals surface area contributed by atoms with Gasteiger partial charge < -0.3 is 14.5 Å². The highest BCUT2D eigenvalue weighted by atomic mass is 32.2. The van der Waals surface area contributed by atoms with Crippen LogP contribution in [-0.2, 0) is 19.4 Å². The van der Waals surface area contributed by atoms with E-state index in [4.69, 9.17) is 9.15 Å². The van der Waals surface area contributed by atoms with Crippen LogP contribution in [0.2, 0.25) is 0 Å². The number of amides is 1. The van der Waals surface area contributed by atoms with Gasteiger partial charge in [-0.25, -0.2) is 17.6 Å². The van der Waals surface area contributed by atoms with Gasteiger partial charge in [0.1, 0.15) is 11.4 Å². The maximum Gasteiger partial charge on any atom is 0.375 e. The van der Waals surface area contributed by atoms with Crippen LogP contribution >= 0.6 is 0 Å². The molecule has 3 aromatic rings. The number of nitrogens with one attached hydrogen (secondary N) is 1. The highest BCUT2D eigenvalue weighted by Gasteiger charge is 2.21. The minimum atomic E-state index is -3.55. The van der Waals surface area contributed by atoms with Crippen molar-refractivity contribution in [1.29, 1.82) is 0 Å². The predicted molar refractivity (Wildman–Crippen MR) is 99.4 cm³/mol. The Bertz CT molecular complexity index is 1180. The number of esters is 1. The summed E-state index contributed by atoms with van der Waals surface area (Å²) in [5, 5.41) is 2.83. The molecule has 3 rings (SSSR count). The molecule has 0 radical (unpaired) electrons. The van der Waals surface area contributed by atoms with Gasteiger partial charge >= 0.3 is 5.97 Å². The lowest BCUT2D eigenvalue weighted by molar-refractivity contribution is -0.119. The Morgan fingerprint density at radius 2 is 1.89 bits per heavy atom. The molecule has 0 saturated carbocycles. The average Bonchev–Trinajstić information content (AvgIpc) is 2.96. The summed E-state index contributed by atoms with van der Waals surface area (Å²) in [6.45, 7) is 0.923. The molecule has 0 atom stereocenters. The van der Waals surface area contributed by atoms with Crippen molar-refractivity contribution in [1.82, 2.24) is 0 Å². The number of halogens is 1. The molecule has 9 heteroatoms. The van der Waals surface area contributed by atoms with E-state index in [1.807, 2.05) is 0 Å². The van der Waals surface area contributed by atoms with Crippen molar-refractivity contribution in [2.24, 2.45) is 0 Å². The van der Waals surface area contributed by atoms with Gasteiger partial charge in [0.25, 0.3) is 5.91 Å². The smallest absolute Gasteiger partial charge is 0.375 e. The van der Waals surface area contributed by atoms with Gasteiger partial charge in [0.2, 0.25) is 5.76 Å². The van der Waals surface area contributed by atoms with E-state index in [0.29, 0.717) is 16.5 Å². The summed E-state index contributed by atoms with van der Waals surface area (Å²) in [5.74, 6) is -2.21. The number of rotatable bonds is 5. The zero-order valence-electron chi connectivity index (χ0n) is 15.0. The fourth-order valence-corrected chi connectivity index (χ4v) is 3.51. The first kappa shape index (κ1) is 19.6. The largest absolute Gasteiger partial charge is 0.450 e. The van der Waals surface area contributed by atoms with Crippen LogP contribution in [0.4, 0.5) is 10.1 Å². The summed E-state index contributed by atoms with van der Waals surface area (Å²) in [4.78, 5) is 24.2. The molecule has 0 aliphatic carbocycles. The zero-order valence-corrected chi connectivity index (χ0v) is 15.8. The van der Waals surface area contributed by atoms with Crippen LogP contribution in [0, 0.1) is 12.7 Å². The lowest BCUT2D eigenvalue weighted by atomic mass is 10.1. The fraction of sp³-hybridized carbons (Fsp3) is 0.158. The van der Waals surface area contributed by atoms with E-state index >= 15 is 0 Å². The first-order chi connectivity index (χ1) is 13.2. The number of carbonyl (C=O) groups is 2. The summed E-state index contributed by atoms with van der Waals surface area (Å²) in [5.41, 5.74) is 0.793. The highest BCUT2D eigenvalue weighted by molar-refractivity contribution is 7.90. The molecular formula is C19H16FNO6S. The third-order valence-electron chi connectivity index (χ3n) is 3.98. The second-order valence-corrected chi connectivity index (χ2v) is 8.07. The van der Waals surface area contributed by atoms with Gasteiger partial charge in [0.15, 0.2) is 16.4 Å².